The lowest BCUT2D eigenvalue weighted by Crippen LogP contribution is -2.67. The van der Waals surface area contributed by atoms with Crippen molar-refractivity contribution in [3.05, 3.63) is 11.6 Å². The van der Waals surface area contributed by atoms with Gasteiger partial charge >= 0.3 is 0 Å². The Labute approximate surface area is 357 Å². The van der Waals surface area contributed by atoms with E-state index in [9.17, 15) is 46.0 Å². The molecule has 5 heterocycles. The van der Waals surface area contributed by atoms with Gasteiger partial charge in [0.1, 0.15) is 72.9 Å². The van der Waals surface area contributed by atoms with E-state index in [-0.39, 0.29) is 16.6 Å². The molecular weight excluding hydrogens is 798 g/mol. The van der Waals surface area contributed by atoms with E-state index >= 15 is 0 Å². The fraction of sp³-hybridized carbons (Fsp3) is 0.955. The molecular formula is C44H71NO16. The molecule has 61 heavy (non-hydrogen) atoms. The number of nitrogens with one attached hydrogen (secondary N) is 1. The van der Waals surface area contributed by atoms with Crippen molar-refractivity contribution in [3.63, 3.8) is 0 Å². The second-order valence-corrected chi connectivity index (χ2v) is 20.8. The Kier molecular flexibility index (Phi) is 12.6. The van der Waals surface area contributed by atoms with Crippen LogP contribution in [0.5, 0.6) is 0 Å². The highest BCUT2D eigenvalue weighted by Crippen LogP contribution is 2.69. The molecule has 8 fully saturated rings. The molecule has 0 bridgehead atoms. The molecule has 17 heteroatoms. The van der Waals surface area contributed by atoms with Gasteiger partial charge < -0.3 is 79.1 Å². The van der Waals surface area contributed by atoms with Gasteiger partial charge in [0.25, 0.3) is 0 Å². The third-order valence-electron chi connectivity index (χ3n) is 17.4. The normalized spacial score (nSPS) is 57.2. The van der Waals surface area contributed by atoms with Gasteiger partial charge in [0.15, 0.2) is 18.9 Å². The Hall–Kier alpha value is -0.940. The summed E-state index contributed by atoms with van der Waals surface area (Å²) in [5.74, 6) is 2.94. The minimum Gasteiger partial charge on any atom is -0.394 e. The van der Waals surface area contributed by atoms with Crippen molar-refractivity contribution in [2.24, 2.45) is 40.4 Å². The Morgan fingerprint density at radius 1 is 0.689 bits per heavy atom. The predicted molar refractivity (Wildman–Crippen MR) is 212 cm³/mol. The molecule has 0 radical (unpaired) electrons. The maximum atomic E-state index is 11.6. The van der Waals surface area contributed by atoms with Crippen molar-refractivity contribution >= 4 is 0 Å². The first-order valence-corrected chi connectivity index (χ1v) is 23.0. The summed E-state index contributed by atoms with van der Waals surface area (Å²) in [5.41, 5.74) is 1.40. The molecule has 9 rings (SSSR count). The minimum absolute atomic E-state index is 0.0278. The molecule has 4 aliphatic carbocycles. The average molecular weight is 870 g/mol. The maximum absolute atomic E-state index is 11.6. The maximum Gasteiger partial charge on any atom is 0.187 e. The van der Waals surface area contributed by atoms with E-state index in [4.69, 9.17) is 33.2 Å². The van der Waals surface area contributed by atoms with E-state index in [1.54, 1.807) is 0 Å². The van der Waals surface area contributed by atoms with Gasteiger partial charge in [-0.15, -0.1) is 0 Å². The molecule has 17 nitrogen and oxygen atoms in total. The Morgan fingerprint density at radius 3 is 2.07 bits per heavy atom. The van der Waals surface area contributed by atoms with Gasteiger partial charge in [-0.05, 0) is 112 Å². The average Bonchev–Trinajstić information content (AvgIpc) is 3.74. The van der Waals surface area contributed by atoms with Crippen molar-refractivity contribution in [2.75, 3.05) is 19.8 Å². The zero-order chi connectivity index (χ0) is 43.3. The van der Waals surface area contributed by atoms with Gasteiger partial charge in [0.2, 0.25) is 0 Å². The van der Waals surface area contributed by atoms with Crippen LogP contribution in [0.15, 0.2) is 11.6 Å². The summed E-state index contributed by atoms with van der Waals surface area (Å²) in [5, 5.41) is 99.5. The molecule has 0 amide bonds. The van der Waals surface area contributed by atoms with Crippen LogP contribution in [0.1, 0.15) is 91.9 Å². The third-order valence-corrected chi connectivity index (χ3v) is 17.4. The van der Waals surface area contributed by atoms with Crippen molar-refractivity contribution in [1.29, 1.82) is 0 Å². The third kappa shape index (κ3) is 7.70. The standard InChI is InChI=1S/C44H71NO16/c1-19-7-12-44(45-16-19)15-26-27(61-44)14-25-23-6-5-21-13-22(8-10-42(21,3)24(23)9-11-43(25,26)4)56-41-38(60-39-35(53)33(51)30(48)20(2)55-39)37(32(50)29(18-47)58-41)59-40-36(54)34(52)31(49)28(17-46)57-40/h5,19-20,22-41,45-54H,6-18H2,1-4H3/t19-,20?,22?,23?,24?,25?,26?,27?,28?,29?,30?,31?,32?,33?,34?,35?,36?,37?,38?,39?,40?,41?,42?,43?,44?/m1/s1. The smallest absolute Gasteiger partial charge is 0.187 e. The summed E-state index contributed by atoms with van der Waals surface area (Å²) in [4.78, 5) is 0. The number of hydrogen-bond donors (Lipinski definition) is 10. The van der Waals surface area contributed by atoms with Gasteiger partial charge in [-0.25, -0.2) is 0 Å². The molecule has 24 unspecified atom stereocenters. The molecule has 5 aliphatic heterocycles. The van der Waals surface area contributed by atoms with Crippen LogP contribution in [0.4, 0.5) is 0 Å². The van der Waals surface area contributed by atoms with Gasteiger partial charge in [-0.2, -0.15) is 0 Å². The summed E-state index contributed by atoms with van der Waals surface area (Å²) < 4.78 is 43.7. The molecule has 10 N–H and O–H groups in total. The SMILES string of the molecule is CC1OC(OC2C(OC3CCC4(C)C(=CCC5C4CCC4(C)C6CC7(CC[C@@H](C)CN7)OC6CC54)C3)OC(CO)C(O)C2OC2OC(CO)C(O)C(O)C2O)C(O)C(O)C1O. The van der Waals surface area contributed by atoms with E-state index in [1.807, 2.05) is 0 Å². The number of rotatable bonds is 8. The van der Waals surface area contributed by atoms with E-state index in [1.165, 1.54) is 25.3 Å². The quantitative estimate of drug-likeness (QED) is 0.139. The Morgan fingerprint density at radius 2 is 1.36 bits per heavy atom. The molecule has 0 aromatic rings. The first-order chi connectivity index (χ1) is 29.0. The number of allylic oxidation sites excluding steroid dienone is 1. The highest BCUT2D eigenvalue weighted by molar-refractivity contribution is 5.26. The van der Waals surface area contributed by atoms with Gasteiger partial charge in [0, 0.05) is 6.54 Å². The Bertz CT molecular complexity index is 1580. The topological polar surface area (TPSA) is 259 Å². The van der Waals surface area contributed by atoms with Crippen molar-refractivity contribution in [2.45, 2.75) is 202 Å². The largest absolute Gasteiger partial charge is 0.394 e. The first-order valence-electron chi connectivity index (χ1n) is 23.0. The Balaban J connectivity index is 0.935. The van der Waals surface area contributed by atoms with Crippen LogP contribution in [0.2, 0.25) is 0 Å². The summed E-state index contributed by atoms with van der Waals surface area (Å²) in [6, 6.07) is 0. The van der Waals surface area contributed by atoms with Crippen molar-refractivity contribution in [3.8, 4) is 0 Å². The van der Waals surface area contributed by atoms with Crippen LogP contribution >= 0.6 is 0 Å². The van der Waals surface area contributed by atoms with Crippen LogP contribution < -0.4 is 5.32 Å². The second-order valence-electron chi connectivity index (χ2n) is 20.8. The summed E-state index contributed by atoms with van der Waals surface area (Å²) in [7, 11) is 0. The molecule has 1 spiro atoms. The molecule has 348 valence electrons. The van der Waals surface area contributed by atoms with Crippen LogP contribution in [0, 0.1) is 40.4 Å². The molecule has 0 aromatic carbocycles. The van der Waals surface area contributed by atoms with Crippen molar-refractivity contribution < 1.29 is 79.1 Å². The first kappa shape index (κ1) is 45.2. The van der Waals surface area contributed by atoms with Crippen molar-refractivity contribution in [1.82, 2.24) is 5.32 Å². The summed E-state index contributed by atoms with van der Waals surface area (Å²) >= 11 is 0. The number of aliphatic hydroxyl groups is 9. The fourth-order valence-corrected chi connectivity index (χ4v) is 13.6. The monoisotopic (exact) mass is 869 g/mol. The molecule has 5 saturated heterocycles. The van der Waals surface area contributed by atoms with E-state index < -0.39 is 111 Å². The van der Waals surface area contributed by atoms with Crippen LogP contribution in [-0.4, -0.2) is 176 Å². The highest BCUT2D eigenvalue weighted by Gasteiger charge is 2.66. The van der Waals surface area contributed by atoms with Crippen LogP contribution in [-0.2, 0) is 33.2 Å². The minimum atomic E-state index is -1.84. The molecule has 25 atom stereocenters. The van der Waals surface area contributed by atoms with Crippen LogP contribution in [0.25, 0.3) is 0 Å². The predicted octanol–water partition coefficient (Wildman–Crippen LogP) is -0.459. The molecule has 0 aromatic heterocycles. The lowest BCUT2D eigenvalue weighted by atomic mass is 9.47. The lowest BCUT2D eigenvalue weighted by Gasteiger charge is -2.58. The number of ether oxygens (including phenoxy) is 7. The second kappa shape index (κ2) is 17.0. The van der Waals surface area contributed by atoms with E-state index in [2.05, 4.69) is 32.2 Å². The molecule has 9 aliphatic rings. The van der Waals surface area contributed by atoms with E-state index in [0.29, 0.717) is 48.5 Å². The number of piperidine rings is 1. The molecule has 3 saturated carbocycles. The van der Waals surface area contributed by atoms with E-state index in [0.717, 1.165) is 45.1 Å². The van der Waals surface area contributed by atoms with Crippen LogP contribution in [0.3, 0.4) is 0 Å². The lowest BCUT2D eigenvalue weighted by molar-refractivity contribution is -0.394. The number of fused-ring (bicyclic) bond motifs is 7. The zero-order valence-electron chi connectivity index (χ0n) is 35.9. The zero-order valence-corrected chi connectivity index (χ0v) is 35.9. The highest BCUT2D eigenvalue weighted by atomic mass is 16.8. The van der Waals surface area contributed by atoms with Gasteiger partial charge in [0.05, 0.1) is 31.5 Å². The fourth-order valence-electron chi connectivity index (χ4n) is 13.6. The van der Waals surface area contributed by atoms with Gasteiger partial charge in [-0.3, -0.25) is 5.32 Å². The summed E-state index contributed by atoms with van der Waals surface area (Å²) in [6.45, 7) is 8.39. The number of hydrogen-bond acceptors (Lipinski definition) is 17. The summed E-state index contributed by atoms with van der Waals surface area (Å²) in [6.07, 6.45) is -10.7. The number of aliphatic hydroxyl groups excluding tert-OH is 9. The van der Waals surface area contributed by atoms with Gasteiger partial charge in [-0.1, -0.05) is 32.4 Å².